The first kappa shape index (κ1) is 15.0. The molecule has 0 N–H and O–H groups in total. The van der Waals surface area contributed by atoms with Crippen molar-refractivity contribution < 1.29 is 0 Å². The first-order valence-corrected chi connectivity index (χ1v) is 9.18. The molecule has 2 aliphatic rings. The molecule has 0 saturated carbocycles. The van der Waals surface area contributed by atoms with E-state index in [2.05, 4.69) is 84.4 Å². The summed E-state index contributed by atoms with van der Waals surface area (Å²) in [6.07, 6.45) is 7.16. The number of rotatable bonds is 3. The zero-order valence-electron chi connectivity index (χ0n) is 13.6. The van der Waals surface area contributed by atoms with Crippen molar-refractivity contribution in [1.82, 2.24) is 0 Å². The van der Waals surface area contributed by atoms with Gasteiger partial charge in [-0.3, -0.25) is 0 Å². The van der Waals surface area contributed by atoms with Crippen LogP contribution in [0.1, 0.15) is 60.8 Å². The fraction of sp³-hybridized carbons (Fsp3) is 0.273. The molecule has 0 radical (unpaired) electrons. The lowest BCUT2D eigenvalue weighted by molar-refractivity contribution is 0.611. The molecule has 2 atom stereocenters. The van der Waals surface area contributed by atoms with Crippen LogP contribution in [0.2, 0.25) is 0 Å². The van der Waals surface area contributed by atoms with Crippen molar-refractivity contribution in [2.45, 2.75) is 38.5 Å². The van der Waals surface area contributed by atoms with Gasteiger partial charge in [0.15, 0.2) is 0 Å². The summed E-state index contributed by atoms with van der Waals surface area (Å²) in [6.45, 7) is 4.56. The minimum Gasteiger partial charge on any atom is -0.0652 e. The summed E-state index contributed by atoms with van der Waals surface area (Å²) in [5.74, 6) is 1.17. The summed E-state index contributed by atoms with van der Waals surface area (Å²) in [5, 5.41) is 0. The molecule has 0 nitrogen and oxygen atoms in total. The predicted molar refractivity (Wildman–Crippen MR) is 103 cm³/mol. The summed E-state index contributed by atoms with van der Waals surface area (Å²) in [7, 11) is 0. The highest BCUT2D eigenvalue weighted by Gasteiger charge is 2.27. The molecule has 0 aliphatic heterocycles. The van der Waals surface area contributed by atoms with Crippen molar-refractivity contribution in [3.05, 3.63) is 80.3 Å². The van der Waals surface area contributed by atoms with Crippen molar-refractivity contribution in [3.8, 4) is 0 Å². The van der Waals surface area contributed by atoms with Crippen LogP contribution in [0.4, 0.5) is 0 Å². The number of benzene rings is 2. The average Bonchev–Trinajstić information content (AvgIpc) is 3.03. The van der Waals surface area contributed by atoms with E-state index in [-0.39, 0.29) is 0 Å². The summed E-state index contributed by atoms with van der Waals surface area (Å²) in [5.41, 5.74) is 8.81. The topological polar surface area (TPSA) is 0 Å². The van der Waals surface area contributed by atoms with E-state index in [1.807, 2.05) is 0 Å². The molecule has 0 amide bonds. The molecule has 0 spiro atoms. The summed E-state index contributed by atoms with van der Waals surface area (Å²) in [4.78, 5) is 0. The minimum absolute atomic E-state index is 0.572. The second-order valence-corrected chi connectivity index (χ2v) is 7.69. The SMILES string of the molecule is CC1=Cc2ccccc2C1CCC1C(C)=Cc2c(Br)cccc21. The van der Waals surface area contributed by atoms with E-state index in [4.69, 9.17) is 0 Å². The predicted octanol–water partition coefficient (Wildman–Crippen LogP) is 6.93. The lowest BCUT2D eigenvalue weighted by Gasteiger charge is -2.19. The highest BCUT2D eigenvalue weighted by Crippen LogP contribution is 2.45. The maximum atomic E-state index is 3.70. The van der Waals surface area contributed by atoms with Gasteiger partial charge in [-0.25, -0.2) is 0 Å². The molecule has 0 heterocycles. The molecule has 4 rings (SSSR count). The molecule has 2 aliphatic carbocycles. The normalized spacial score (nSPS) is 21.7. The number of fused-ring (bicyclic) bond motifs is 2. The second kappa shape index (κ2) is 5.79. The van der Waals surface area contributed by atoms with E-state index in [1.54, 1.807) is 0 Å². The Morgan fingerprint density at radius 3 is 2.26 bits per heavy atom. The van der Waals surface area contributed by atoms with Crippen molar-refractivity contribution in [2.75, 3.05) is 0 Å². The minimum atomic E-state index is 0.572. The van der Waals surface area contributed by atoms with Crippen LogP contribution in [0.15, 0.2) is 58.1 Å². The van der Waals surface area contributed by atoms with Gasteiger partial charge in [-0.1, -0.05) is 75.6 Å². The Balaban J connectivity index is 1.57. The Hall–Kier alpha value is -1.60. The van der Waals surface area contributed by atoms with Gasteiger partial charge >= 0.3 is 0 Å². The van der Waals surface area contributed by atoms with Crippen molar-refractivity contribution in [2.24, 2.45) is 0 Å². The molecule has 2 aromatic rings. The zero-order chi connectivity index (χ0) is 16.0. The second-order valence-electron chi connectivity index (χ2n) is 6.83. The van der Waals surface area contributed by atoms with Gasteiger partial charge in [0.25, 0.3) is 0 Å². The number of allylic oxidation sites excluding steroid dienone is 2. The number of hydrogen-bond acceptors (Lipinski definition) is 0. The third-order valence-corrected chi connectivity index (χ3v) is 6.12. The van der Waals surface area contributed by atoms with E-state index in [0.717, 1.165) is 0 Å². The lowest BCUT2D eigenvalue weighted by atomic mass is 9.85. The Morgan fingerprint density at radius 1 is 0.783 bits per heavy atom. The van der Waals surface area contributed by atoms with Gasteiger partial charge < -0.3 is 0 Å². The van der Waals surface area contributed by atoms with Crippen LogP contribution in [-0.4, -0.2) is 0 Å². The van der Waals surface area contributed by atoms with Crippen LogP contribution in [-0.2, 0) is 0 Å². The van der Waals surface area contributed by atoms with Crippen LogP contribution in [0, 0.1) is 0 Å². The standard InChI is InChI=1S/C22H21Br/c1-14-12-16-6-3-4-7-19(16)17(14)10-11-18-15(2)13-21-20(18)8-5-9-22(21)23/h3-9,12-13,17-18H,10-11H2,1-2H3. The molecular weight excluding hydrogens is 344 g/mol. The van der Waals surface area contributed by atoms with Crippen LogP contribution >= 0.6 is 15.9 Å². The van der Waals surface area contributed by atoms with Gasteiger partial charge in [-0.15, -0.1) is 0 Å². The number of hydrogen-bond donors (Lipinski definition) is 0. The van der Waals surface area contributed by atoms with E-state index >= 15 is 0 Å². The first-order valence-electron chi connectivity index (χ1n) is 8.39. The molecule has 116 valence electrons. The van der Waals surface area contributed by atoms with Crippen LogP contribution in [0.3, 0.4) is 0 Å². The van der Waals surface area contributed by atoms with Gasteiger partial charge in [-0.05, 0) is 55.0 Å². The van der Waals surface area contributed by atoms with Gasteiger partial charge in [0, 0.05) is 16.3 Å². The van der Waals surface area contributed by atoms with E-state index in [0.29, 0.717) is 11.8 Å². The maximum absolute atomic E-state index is 3.70. The molecule has 0 aromatic heterocycles. The van der Waals surface area contributed by atoms with Crippen molar-refractivity contribution >= 4 is 28.1 Å². The molecule has 0 fully saturated rings. The molecule has 2 aromatic carbocycles. The highest BCUT2D eigenvalue weighted by atomic mass is 79.9. The molecule has 0 bridgehead atoms. The summed E-state index contributed by atoms with van der Waals surface area (Å²) < 4.78 is 1.22. The Kier molecular flexibility index (Phi) is 3.77. The third-order valence-electron chi connectivity index (χ3n) is 5.43. The molecular formula is C22H21Br. The van der Waals surface area contributed by atoms with Crippen LogP contribution in [0.25, 0.3) is 12.2 Å². The van der Waals surface area contributed by atoms with E-state index < -0.39 is 0 Å². The number of halogens is 1. The highest BCUT2D eigenvalue weighted by molar-refractivity contribution is 9.10. The molecule has 2 unspecified atom stereocenters. The van der Waals surface area contributed by atoms with Crippen molar-refractivity contribution in [1.29, 1.82) is 0 Å². The van der Waals surface area contributed by atoms with E-state index in [1.165, 1.54) is 50.7 Å². The summed E-state index contributed by atoms with van der Waals surface area (Å²) in [6, 6.07) is 15.5. The van der Waals surface area contributed by atoms with Crippen LogP contribution < -0.4 is 0 Å². The fourth-order valence-corrected chi connectivity index (χ4v) is 4.73. The first-order chi connectivity index (χ1) is 11.1. The average molecular weight is 365 g/mol. The Labute approximate surface area is 147 Å². The molecule has 0 saturated heterocycles. The van der Waals surface area contributed by atoms with Gasteiger partial charge in [0.05, 0.1) is 0 Å². The molecule has 23 heavy (non-hydrogen) atoms. The van der Waals surface area contributed by atoms with Crippen molar-refractivity contribution in [3.63, 3.8) is 0 Å². The Bertz CT molecular complexity index is 826. The van der Waals surface area contributed by atoms with E-state index in [9.17, 15) is 0 Å². The van der Waals surface area contributed by atoms with Gasteiger partial charge in [-0.2, -0.15) is 0 Å². The smallest absolute Gasteiger partial charge is 0.0250 e. The third kappa shape index (κ3) is 2.52. The molecule has 1 heteroatoms. The lowest BCUT2D eigenvalue weighted by Crippen LogP contribution is -2.03. The quantitative estimate of drug-likeness (QED) is 0.553. The van der Waals surface area contributed by atoms with Gasteiger partial charge in [0.2, 0.25) is 0 Å². The maximum Gasteiger partial charge on any atom is 0.0250 e. The fourth-order valence-electron chi connectivity index (χ4n) is 4.23. The largest absolute Gasteiger partial charge is 0.0652 e. The Morgan fingerprint density at radius 2 is 1.43 bits per heavy atom. The van der Waals surface area contributed by atoms with Gasteiger partial charge in [0.1, 0.15) is 0 Å². The monoisotopic (exact) mass is 364 g/mol. The summed E-state index contributed by atoms with van der Waals surface area (Å²) >= 11 is 3.70. The zero-order valence-corrected chi connectivity index (χ0v) is 15.2. The van der Waals surface area contributed by atoms with Crippen LogP contribution in [0.5, 0.6) is 0 Å².